The van der Waals surface area contributed by atoms with Crippen LogP contribution < -0.4 is 10.5 Å². The summed E-state index contributed by atoms with van der Waals surface area (Å²) in [6.07, 6.45) is 6.69. The van der Waals surface area contributed by atoms with Gasteiger partial charge in [-0.15, -0.1) is 10.2 Å². The van der Waals surface area contributed by atoms with Crippen molar-refractivity contribution < 1.29 is 9.21 Å². The second kappa shape index (κ2) is 8.46. The number of hydrogen-bond acceptors (Lipinski definition) is 8. The molecule has 0 spiro atoms. The van der Waals surface area contributed by atoms with Crippen molar-refractivity contribution in [2.75, 3.05) is 31.1 Å². The highest BCUT2D eigenvalue weighted by atomic mass is 16.3. The number of anilines is 1. The standard InChI is InChI=1S/C21H20N8O3/c30-20-6-3-16(17-2-1-13-32-17)25-29(20)14-21(31)27-11-9-26(10-12-27)18-4-5-19(24-23-18)28-8-7-22-15-28/h1-8,13,15H,9-12,14H2. The van der Waals surface area contributed by atoms with Gasteiger partial charge in [-0.1, -0.05) is 0 Å². The van der Waals surface area contributed by atoms with Gasteiger partial charge in [-0.05, 0) is 30.3 Å². The van der Waals surface area contributed by atoms with E-state index in [1.165, 1.54) is 17.0 Å². The Morgan fingerprint density at radius 1 is 1.00 bits per heavy atom. The molecule has 0 aliphatic carbocycles. The third kappa shape index (κ3) is 4.00. The average molecular weight is 432 g/mol. The molecule has 1 saturated heterocycles. The molecular formula is C21H20N8O3. The average Bonchev–Trinajstić information content (AvgIpc) is 3.56. The number of amides is 1. The summed E-state index contributed by atoms with van der Waals surface area (Å²) in [6, 6.07) is 10.3. The number of aromatic nitrogens is 6. The molecule has 32 heavy (non-hydrogen) atoms. The zero-order valence-electron chi connectivity index (χ0n) is 17.1. The molecule has 0 bridgehead atoms. The van der Waals surface area contributed by atoms with Crippen LogP contribution in [-0.4, -0.2) is 66.5 Å². The molecule has 0 N–H and O–H groups in total. The Labute approximate surface area is 182 Å². The number of carbonyl (C=O) groups is 1. The van der Waals surface area contributed by atoms with E-state index in [0.29, 0.717) is 43.5 Å². The Bertz CT molecular complexity index is 1240. The Balaban J connectivity index is 1.21. The van der Waals surface area contributed by atoms with E-state index in [-0.39, 0.29) is 18.0 Å². The molecule has 1 aliphatic rings. The van der Waals surface area contributed by atoms with Gasteiger partial charge in [-0.3, -0.25) is 14.2 Å². The summed E-state index contributed by atoms with van der Waals surface area (Å²) >= 11 is 0. The van der Waals surface area contributed by atoms with Gasteiger partial charge >= 0.3 is 0 Å². The SMILES string of the molecule is O=C(Cn1nc(-c2ccco2)ccc1=O)N1CCN(c2ccc(-n3ccnc3)nn2)CC1. The molecule has 1 fully saturated rings. The van der Waals surface area contributed by atoms with E-state index in [2.05, 4.69) is 25.2 Å². The summed E-state index contributed by atoms with van der Waals surface area (Å²) in [5.74, 6) is 1.83. The zero-order chi connectivity index (χ0) is 21.9. The second-order valence-corrected chi connectivity index (χ2v) is 7.28. The van der Waals surface area contributed by atoms with Gasteiger partial charge in [-0.25, -0.2) is 9.67 Å². The molecule has 0 saturated carbocycles. The first-order valence-electron chi connectivity index (χ1n) is 10.1. The summed E-state index contributed by atoms with van der Waals surface area (Å²) in [6.45, 7) is 2.18. The number of rotatable bonds is 5. The molecule has 0 radical (unpaired) electrons. The fourth-order valence-electron chi connectivity index (χ4n) is 3.55. The summed E-state index contributed by atoms with van der Waals surface area (Å²) in [5.41, 5.74) is 0.172. The monoisotopic (exact) mass is 432 g/mol. The Morgan fingerprint density at radius 2 is 1.81 bits per heavy atom. The number of nitrogens with zero attached hydrogens (tertiary/aromatic N) is 8. The fourth-order valence-corrected chi connectivity index (χ4v) is 3.55. The maximum absolute atomic E-state index is 12.8. The lowest BCUT2D eigenvalue weighted by Gasteiger charge is -2.35. The van der Waals surface area contributed by atoms with Crippen molar-refractivity contribution in [2.24, 2.45) is 0 Å². The lowest BCUT2D eigenvalue weighted by molar-refractivity contribution is -0.132. The number of carbonyl (C=O) groups excluding carboxylic acids is 1. The third-order valence-electron chi connectivity index (χ3n) is 5.29. The first-order chi connectivity index (χ1) is 15.7. The van der Waals surface area contributed by atoms with Crippen molar-refractivity contribution in [1.82, 2.24) is 34.4 Å². The van der Waals surface area contributed by atoms with Crippen LogP contribution in [0.4, 0.5) is 5.82 Å². The first kappa shape index (κ1) is 19.7. The number of furan rings is 1. The normalized spacial score (nSPS) is 14.0. The van der Waals surface area contributed by atoms with Crippen LogP contribution in [0, 0.1) is 0 Å². The van der Waals surface area contributed by atoms with E-state index in [4.69, 9.17) is 4.42 Å². The van der Waals surface area contributed by atoms with Gasteiger partial charge in [-0.2, -0.15) is 5.10 Å². The van der Waals surface area contributed by atoms with Crippen molar-refractivity contribution in [1.29, 1.82) is 0 Å². The smallest absolute Gasteiger partial charge is 0.267 e. The van der Waals surface area contributed by atoms with Crippen LogP contribution in [0.1, 0.15) is 0 Å². The van der Waals surface area contributed by atoms with E-state index >= 15 is 0 Å². The molecule has 1 aliphatic heterocycles. The van der Waals surface area contributed by atoms with E-state index < -0.39 is 0 Å². The first-order valence-corrected chi connectivity index (χ1v) is 10.1. The van der Waals surface area contributed by atoms with Gasteiger partial charge in [0, 0.05) is 44.6 Å². The van der Waals surface area contributed by atoms with Gasteiger partial charge in [0.15, 0.2) is 17.4 Å². The minimum atomic E-state index is -0.333. The van der Waals surface area contributed by atoms with Crippen molar-refractivity contribution in [2.45, 2.75) is 6.54 Å². The fraction of sp³-hybridized carbons (Fsp3) is 0.238. The second-order valence-electron chi connectivity index (χ2n) is 7.28. The lowest BCUT2D eigenvalue weighted by Crippen LogP contribution is -2.50. The lowest BCUT2D eigenvalue weighted by atomic mass is 10.3. The van der Waals surface area contributed by atoms with Gasteiger partial charge in [0.1, 0.15) is 18.6 Å². The minimum absolute atomic E-state index is 0.118. The molecule has 4 aromatic rings. The maximum atomic E-state index is 12.8. The highest BCUT2D eigenvalue weighted by Crippen LogP contribution is 2.16. The van der Waals surface area contributed by atoms with Crippen molar-refractivity contribution in [3.05, 3.63) is 71.7 Å². The summed E-state index contributed by atoms with van der Waals surface area (Å²) in [5, 5.41) is 12.8. The van der Waals surface area contributed by atoms with Crippen LogP contribution in [-0.2, 0) is 11.3 Å². The quantitative estimate of drug-likeness (QED) is 0.455. The van der Waals surface area contributed by atoms with Crippen molar-refractivity contribution >= 4 is 11.7 Å². The zero-order valence-corrected chi connectivity index (χ0v) is 17.1. The molecule has 4 aromatic heterocycles. The Kier molecular flexibility index (Phi) is 5.20. The topological polar surface area (TPSA) is 115 Å². The van der Waals surface area contributed by atoms with E-state index in [1.54, 1.807) is 46.4 Å². The highest BCUT2D eigenvalue weighted by molar-refractivity contribution is 5.76. The van der Waals surface area contributed by atoms with Crippen LogP contribution in [0.2, 0.25) is 0 Å². The molecule has 5 rings (SSSR count). The predicted octanol–water partition coefficient (Wildman–Crippen LogP) is 0.828. The molecule has 162 valence electrons. The van der Waals surface area contributed by atoms with Gasteiger partial charge in [0.2, 0.25) is 5.91 Å². The molecule has 0 unspecified atom stereocenters. The Hall–Kier alpha value is -4.28. The van der Waals surface area contributed by atoms with Gasteiger partial charge in [0.25, 0.3) is 5.56 Å². The summed E-state index contributed by atoms with van der Waals surface area (Å²) in [7, 11) is 0. The van der Waals surface area contributed by atoms with Crippen LogP contribution in [0.5, 0.6) is 0 Å². The summed E-state index contributed by atoms with van der Waals surface area (Å²) in [4.78, 5) is 32.8. The Morgan fingerprint density at radius 3 is 2.50 bits per heavy atom. The van der Waals surface area contributed by atoms with Crippen LogP contribution >= 0.6 is 0 Å². The molecule has 5 heterocycles. The minimum Gasteiger partial charge on any atom is -0.463 e. The number of imidazole rings is 1. The highest BCUT2D eigenvalue weighted by Gasteiger charge is 2.23. The van der Waals surface area contributed by atoms with E-state index in [0.717, 1.165) is 5.82 Å². The molecule has 1 amide bonds. The van der Waals surface area contributed by atoms with Crippen LogP contribution in [0.3, 0.4) is 0 Å². The van der Waals surface area contributed by atoms with Gasteiger partial charge < -0.3 is 14.2 Å². The molecule has 0 atom stereocenters. The predicted molar refractivity (Wildman–Crippen MR) is 114 cm³/mol. The van der Waals surface area contributed by atoms with Crippen molar-refractivity contribution in [3.63, 3.8) is 0 Å². The number of hydrogen-bond donors (Lipinski definition) is 0. The molecular weight excluding hydrogens is 412 g/mol. The van der Waals surface area contributed by atoms with Crippen molar-refractivity contribution in [3.8, 4) is 17.3 Å². The van der Waals surface area contributed by atoms with Gasteiger partial charge in [0.05, 0.1) is 6.26 Å². The van der Waals surface area contributed by atoms with Crippen LogP contribution in [0.25, 0.3) is 17.3 Å². The number of piperazine rings is 1. The molecule has 11 nitrogen and oxygen atoms in total. The third-order valence-corrected chi connectivity index (χ3v) is 5.29. The van der Waals surface area contributed by atoms with Crippen LogP contribution in [0.15, 0.2) is 70.6 Å². The maximum Gasteiger partial charge on any atom is 0.267 e. The molecule has 0 aromatic carbocycles. The summed E-state index contributed by atoms with van der Waals surface area (Å²) < 4.78 is 8.28. The largest absolute Gasteiger partial charge is 0.463 e. The molecule has 11 heteroatoms. The van der Waals surface area contributed by atoms with E-state index in [9.17, 15) is 9.59 Å². The van der Waals surface area contributed by atoms with E-state index in [1.807, 2.05) is 12.1 Å².